The first-order valence-electron chi connectivity index (χ1n) is 2.32. The average molecular weight is 178 g/mol. The van der Waals surface area contributed by atoms with E-state index in [2.05, 4.69) is 10.3 Å². The van der Waals surface area contributed by atoms with E-state index in [-0.39, 0.29) is 4.79 Å². The molecule has 0 aliphatic rings. The van der Waals surface area contributed by atoms with Crippen molar-refractivity contribution in [2.45, 2.75) is 5.03 Å². The maximum atomic E-state index is 10.2. The van der Waals surface area contributed by atoms with E-state index in [4.69, 9.17) is 0 Å². The molecule has 0 atom stereocenters. The summed E-state index contributed by atoms with van der Waals surface area (Å²) in [6.45, 7) is 0. The molecule has 0 saturated carbocycles. The first-order chi connectivity index (χ1) is 5.13. The molecule has 11 heavy (non-hydrogen) atoms. The molecule has 0 aliphatic carbocycles. The van der Waals surface area contributed by atoms with Gasteiger partial charge in [0.1, 0.15) is 6.20 Å². The lowest BCUT2D eigenvalue weighted by Crippen LogP contribution is -2.13. The van der Waals surface area contributed by atoms with Crippen LogP contribution in [0.4, 0.5) is 0 Å². The fraction of sp³-hybridized carbons (Fsp3) is 0. The Hall–Kier alpha value is -1.51. The molecule has 0 unspecified atom stereocenters. The standard InChI is InChI=1S/C2H2N4O4S/c7-6(8)5-2(11(9)10)1-3-4-5/h1,11H. The predicted molar refractivity (Wildman–Crippen MR) is 31.0 cm³/mol. The summed E-state index contributed by atoms with van der Waals surface area (Å²) in [5, 5.41) is 14.4. The summed E-state index contributed by atoms with van der Waals surface area (Å²) in [5.74, 6) is 0. The van der Waals surface area contributed by atoms with Gasteiger partial charge in [0.15, 0.2) is 15.9 Å². The summed E-state index contributed by atoms with van der Waals surface area (Å²) in [6.07, 6.45) is 0.800. The fourth-order valence-corrected chi connectivity index (χ4v) is 0.865. The topological polar surface area (TPSA) is 108 Å². The highest BCUT2D eigenvalue weighted by Crippen LogP contribution is 1.95. The van der Waals surface area contributed by atoms with Gasteiger partial charge in [-0.25, -0.2) is 8.42 Å². The molecule has 1 aromatic heterocycles. The van der Waals surface area contributed by atoms with Gasteiger partial charge in [0.2, 0.25) is 5.03 Å². The zero-order chi connectivity index (χ0) is 8.43. The Morgan fingerprint density at radius 1 is 1.64 bits per heavy atom. The van der Waals surface area contributed by atoms with Crippen LogP contribution in [0.15, 0.2) is 11.2 Å². The second kappa shape index (κ2) is 2.62. The number of nitro groups is 1. The number of rotatable bonds is 2. The fourth-order valence-electron chi connectivity index (χ4n) is 0.460. The summed E-state index contributed by atoms with van der Waals surface area (Å²) < 4.78 is 20.4. The van der Waals surface area contributed by atoms with Gasteiger partial charge in [0.25, 0.3) is 0 Å². The Balaban J connectivity index is 3.27. The summed E-state index contributed by atoms with van der Waals surface area (Å²) in [4.78, 5) is 10.1. The summed E-state index contributed by atoms with van der Waals surface area (Å²) in [7, 11) is -3.02. The monoisotopic (exact) mass is 178 g/mol. The van der Waals surface area contributed by atoms with Gasteiger partial charge in [0.05, 0.1) is 9.82 Å². The molecule has 60 valence electrons. The van der Waals surface area contributed by atoms with Crippen molar-refractivity contribution in [3.8, 4) is 0 Å². The molecule has 0 N–H and O–H groups in total. The first-order valence-corrected chi connectivity index (χ1v) is 3.50. The Morgan fingerprint density at radius 2 is 2.27 bits per heavy atom. The van der Waals surface area contributed by atoms with E-state index in [0.29, 0.717) is 0 Å². The minimum absolute atomic E-state index is 0.0890. The number of thiol groups is 1. The SMILES string of the molecule is O=[N+]([O-])n1nncc1[SH](=O)=O. The predicted octanol–water partition coefficient (Wildman–Crippen LogP) is -1.71. The highest BCUT2D eigenvalue weighted by molar-refractivity contribution is 7.72. The molecule has 1 rings (SSSR count). The van der Waals surface area contributed by atoms with E-state index in [9.17, 15) is 18.5 Å². The third kappa shape index (κ3) is 1.32. The second-order valence-electron chi connectivity index (χ2n) is 1.48. The Labute approximate surface area is 61.5 Å². The van der Waals surface area contributed by atoms with Crippen LogP contribution in [0.25, 0.3) is 0 Å². The molecular formula is C2H2N4O4S. The van der Waals surface area contributed by atoms with Crippen LogP contribution in [-0.2, 0) is 10.7 Å². The third-order valence-electron chi connectivity index (χ3n) is 0.856. The van der Waals surface area contributed by atoms with Gasteiger partial charge in [-0.2, -0.15) is 0 Å². The van der Waals surface area contributed by atoms with Crippen molar-refractivity contribution in [3.05, 3.63) is 16.3 Å². The largest absolute Gasteiger partial charge is 0.339 e. The van der Waals surface area contributed by atoms with E-state index in [1.54, 1.807) is 0 Å². The molecule has 0 bridgehead atoms. The highest BCUT2D eigenvalue weighted by Gasteiger charge is 2.14. The van der Waals surface area contributed by atoms with Crippen LogP contribution in [0.2, 0.25) is 0 Å². The number of hydrogen-bond donors (Lipinski definition) is 1. The van der Waals surface area contributed by atoms with Crippen molar-refractivity contribution < 1.29 is 13.5 Å². The minimum Gasteiger partial charge on any atom is -0.339 e. The van der Waals surface area contributed by atoms with E-state index >= 15 is 0 Å². The van der Waals surface area contributed by atoms with Crippen LogP contribution in [0.1, 0.15) is 0 Å². The smallest absolute Gasteiger partial charge is 0.245 e. The van der Waals surface area contributed by atoms with Gasteiger partial charge in [-0.3, -0.25) is 0 Å². The number of nitrogens with zero attached hydrogens (tertiary/aromatic N) is 4. The Morgan fingerprint density at radius 3 is 2.64 bits per heavy atom. The lowest BCUT2D eigenvalue weighted by atomic mass is 10.9. The zero-order valence-electron chi connectivity index (χ0n) is 4.95. The normalized spacial score (nSPS) is 10.3. The van der Waals surface area contributed by atoms with Gasteiger partial charge < -0.3 is 10.1 Å². The van der Waals surface area contributed by atoms with Crippen molar-refractivity contribution in [2.24, 2.45) is 0 Å². The van der Waals surface area contributed by atoms with Crippen LogP contribution in [0.5, 0.6) is 0 Å². The molecule has 1 heterocycles. The molecule has 0 aliphatic heterocycles. The second-order valence-corrected chi connectivity index (χ2v) is 2.45. The number of aromatic nitrogens is 3. The highest BCUT2D eigenvalue weighted by atomic mass is 32.2. The van der Waals surface area contributed by atoms with Gasteiger partial charge in [-0.1, -0.05) is 0 Å². The van der Waals surface area contributed by atoms with Crippen molar-refractivity contribution in [2.75, 3.05) is 0 Å². The lowest BCUT2D eigenvalue weighted by molar-refractivity contribution is -0.560. The molecule has 0 radical (unpaired) electrons. The Kier molecular flexibility index (Phi) is 1.81. The van der Waals surface area contributed by atoms with E-state index in [1.807, 2.05) is 0 Å². The maximum absolute atomic E-state index is 10.2. The van der Waals surface area contributed by atoms with E-state index in [1.165, 1.54) is 0 Å². The van der Waals surface area contributed by atoms with Crippen LogP contribution >= 0.6 is 0 Å². The van der Waals surface area contributed by atoms with E-state index in [0.717, 1.165) is 6.20 Å². The van der Waals surface area contributed by atoms with E-state index < -0.39 is 20.8 Å². The zero-order valence-corrected chi connectivity index (χ0v) is 5.84. The molecule has 0 amide bonds. The number of hydrogen-bond acceptors (Lipinski definition) is 6. The van der Waals surface area contributed by atoms with Crippen molar-refractivity contribution >= 4 is 10.7 Å². The molecule has 8 nitrogen and oxygen atoms in total. The van der Waals surface area contributed by atoms with Crippen molar-refractivity contribution in [3.63, 3.8) is 0 Å². The summed E-state index contributed by atoms with van der Waals surface area (Å²) >= 11 is 0. The molecule has 0 aromatic carbocycles. The van der Waals surface area contributed by atoms with Crippen LogP contribution in [0, 0.1) is 10.1 Å². The van der Waals surface area contributed by atoms with Crippen LogP contribution < -0.4 is 0 Å². The van der Waals surface area contributed by atoms with Crippen LogP contribution in [0.3, 0.4) is 0 Å². The molecule has 1 aromatic rings. The third-order valence-corrected chi connectivity index (χ3v) is 1.52. The molecule has 0 saturated heterocycles. The minimum atomic E-state index is -3.02. The average Bonchev–Trinajstić information content (AvgIpc) is 2.32. The van der Waals surface area contributed by atoms with Crippen molar-refractivity contribution in [1.82, 2.24) is 15.1 Å². The maximum Gasteiger partial charge on any atom is 0.245 e. The molecule has 0 spiro atoms. The summed E-state index contributed by atoms with van der Waals surface area (Å²) in [6, 6.07) is 0. The van der Waals surface area contributed by atoms with Crippen molar-refractivity contribution in [1.29, 1.82) is 0 Å². The van der Waals surface area contributed by atoms with Gasteiger partial charge in [-0.15, -0.1) is 0 Å². The first kappa shape index (κ1) is 7.60. The molecular weight excluding hydrogens is 176 g/mol. The summed E-state index contributed by atoms with van der Waals surface area (Å²) in [5.41, 5.74) is 0. The lowest BCUT2D eigenvalue weighted by Gasteiger charge is -1.88. The Bertz CT molecular complexity index is 345. The molecule has 9 heteroatoms. The van der Waals surface area contributed by atoms with Crippen LogP contribution in [-0.4, -0.2) is 28.6 Å². The van der Waals surface area contributed by atoms with Gasteiger partial charge >= 0.3 is 0 Å². The van der Waals surface area contributed by atoms with Gasteiger partial charge in [0, 0.05) is 0 Å². The quantitative estimate of drug-likeness (QED) is 0.328. The van der Waals surface area contributed by atoms with Gasteiger partial charge in [-0.05, 0) is 5.10 Å². The molecule has 0 fully saturated rings.